The van der Waals surface area contributed by atoms with Crippen molar-refractivity contribution < 1.29 is 4.79 Å². The Morgan fingerprint density at radius 3 is 2.50 bits per heavy atom. The van der Waals surface area contributed by atoms with Gasteiger partial charge < -0.3 is 5.32 Å². The molecule has 1 saturated carbocycles. The van der Waals surface area contributed by atoms with E-state index in [9.17, 15) is 4.79 Å². The van der Waals surface area contributed by atoms with Gasteiger partial charge in [0, 0.05) is 28.4 Å². The van der Waals surface area contributed by atoms with E-state index < -0.39 is 0 Å². The highest BCUT2D eigenvalue weighted by Crippen LogP contribution is 2.38. The van der Waals surface area contributed by atoms with Crippen LogP contribution in [0.2, 0.25) is 10.0 Å². The van der Waals surface area contributed by atoms with Crippen LogP contribution in [0.25, 0.3) is 0 Å². The van der Waals surface area contributed by atoms with Gasteiger partial charge >= 0.3 is 0 Å². The standard InChI is InChI=1S/C14H17Cl2NO/c1-8-6-10(8)14(18)17-7-9(2)13-11(15)4-3-5-12(13)16/h3-5,8-10H,6-7H2,1-2H3,(H,17,18). The van der Waals surface area contributed by atoms with Gasteiger partial charge in [0.15, 0.2) is 0 Å². The first-order chi connectivity index (χ1) is 8.50. The van der Waals surface area contributed by atoms with E-state index in [1.165, 1.54) is 0 Å². The molecular weight excluding hydrogens is 269 g/mol. The molecule has 0 aromatic heterocycles. The molecule has 1 aliphatic rings. The number of rotatable bonds is 4. The first-order valence-electron chi connectivity index (χ1n) is 6.22. The van der Waals surface area contributed by atoms with Crippen LogP contribution < -0.4 is 5.32 Å². The first-order valence-corrected chi connectivity index (χ1v) is 6.98. The summed E-state index contributed by atoms with van der Waals surface area (Å²) in [5.74, 6) is 1.00. The Labute approximate surface area is 118 Å². The molecule has 1 amide bonds. The lowest BCUT2D eigenvalue weighted by Gasteiger charge is -2.16. The normalized spacial score (nSPS) is 23.6. The number of nitrogens with one attached hydrogen (secondary N) is 1. The SMILES string of the molecule is CC(CNC(=O)C1CC1C)c1c(Cl)cccc1Cl. The fourth-order valence-corrected chi connectivity index (χ4v) is 2.93. The molecule has 1 aromatic carbocycles. The van der Waals surface area contributed by atoms with Gasteiger partial charge in [-0.05, 0) is 30.0 Å². The van der Waals surface area contributed by atoms with Crippen LogP contribution in [0.1, 0.15) is 31.7 Å². The molecule has 2 rings (SSSR count). The topological polar surface area (TPSA) is 29.1 Å². The van der Waals surface area contributed by atoms with Gasteiger partial charge in [0.05, 0.1) is 0 Å². The first kappa shape index (κ1) is 13.7. The van der Waals surface area contributed by atoms with E-state index in [2.05, 4.69) is 12.2 Å². The summed E-state index contributed by atoms with van der Waals surface area (Å²) in [6.07, 6.45) is 1.01. The number of hydrogen-bond donors (Lipinski definition) is 1. The molecular formula is C14H17Cl2NO. The van der Waals surface area contributed by atoms with Crippen LogP contribution in [-0.4, -0.2) is 12.5 Å². The number of carbonyl (C=O) groups excluding carboxylic acids is 1. The lowest BCUT2D eigenvalue weighted by atomic mass is 10.0. The van der Waals surface area contributed by atoms with Crippen molar-refractivity contribution in [3.05, 3.63) is 33.8 Å². The van der Waals surface area contributed by atoms with Crippen LogP contribution >= 0.6 is 23.2 Å². The quantitative estimate of drug-likeness (QED) is 0.894. The molecule has 1 aliphatic carbocycles. The van der Waals surface area contributed by atoms with Gasteiger partial charge in [-0.2, -0.15) is 0 Å². The van der Waals surface area contributed by atoms with Crippen molar-refractivity contribution >= 4 is 29.1 Å². The minimum atomic E-state index is 0.115. The van der Waals surface area contributed by atoms with E-state index in [1.54, 1.807) is 0 Å². The highest BCUT2D eigenvalue weighted by molar-refractivity contribution is 6.36. The molecule has 1 fully saturated rings. The van der Waals surface area contributed by atoms with E-state index >= 15 is 0 Å². The monoisotopic (exact) mass is 285 g/mol. The molecule has 0 bridgehead atoms. The fraction of sp³-hybridized carbons (Fsp3) is 0.500. The number of benzene rings is 1. The van der Waals surface area contributed by atoms with Crippen molar-refractivity contribution in [2.24, 2.45) is 11.8 Å². The Morgan fingerprint density at radius 1 is 1.44 bits per heavy atom. The number of hydrogen-bond acceptors (Lipinski definition) is 1. The van der Waals surface area contributed by atoms with Crippen LogP contribution in [0.4, 0.5) is 0 Å². The number of carbonyl (C=O) groups is 1. The van der Waals surface area contributed by atoms with Crippen molar-refractivity contribution in [1.29, 1.82) is 0 Å². The third-order valence-corrected chi connectivity index (χ3v) is 4.18. The maximum absolute atomic E-state index is 11.7. The molecule has 4 heteroatoms. The molecule has 98 valence electrons. The maximum atomic E-state index is 11.7. The van der Waals surface area contributed by atoms with Gasteiger partial charge in [-0.15, -0.1) is 0 Å². The molecule has 0 saturated heterocycles. The van der Waals surface area contributed by atoms with Crippen LogP contribution in [-0.2, 0) is 4.79 Å². The minimum Gasteiger partial charge on any atom is -0.355 e. The van der Waals surface area contributed by atoms with Crippen molar-refractivity contribution in [2.45, 2.75) is 26.2 Å². The molecule has 0 radical (unpaired) electrons. The number of amides is 1. The molecule has 1 N–H and O–H groups in total. The summed E-state index contributed by atoms with van der Waals surface area (Å²) in [4.78, 5) is 11.7. The summed E-state index contributed by atoms with van der Waals surface area (Å²) in [7, 11) is 0. The molecule has 0 aliphatic heterocycles. The van der Waals surface area contributed by atoms with Crippen LogP contribution in [0.3, 0.4) is 0 Å². The van der Waals surface area contributed by atoms with Gasteiger partial charge in [0.2, 0.25) is 5.91 Å². The second-order valence-electron chi connectivity index (χ2n) is 5.10. The van der Waals surface area contributed by atoms with E-state index in [4.69, 9.17) is 23.2 Å². The average Bonchev–Trinajstić information content (AvgIpc) is 3.03. The van der Waals surface area contributed by atoms with E-state index in [0.29, 0.717) is 22.5 Å². The predicted octanol–water partition coefficient (Wildman–Crippen LogP) is 3.87. The molecule has 0 spiro atoms. The zero-order valence-corrected chi connectivity index (χ0v) is 12.1. The lowest BCUT2D eigenvalue weighted by molar-refractivity contribution is -0.122. The average molecular weight is 286 g/mol. The molecule has 1 aromatic rings. The highest BCUT2D eigenvalue weighted by Gasteiger charge is 2.38. The van der Waals surface area contributed by atoms with Gasteiger partial charge in [-0.1, -0.05) is 43.1 Å². The second-order valence-corrected chi connectivity index (χ2v) is 5.92. The zero-order chi connectivity index (χ0) is 13.3. The van der Waals surface area contributed by atoms with Crippen molar-refractivity contribution in [3.8, 4) is 0 Å². The largest absolute Gasteiger partial charge is 0.355 e. The fourth-order valence-electron chi connectivity index (χ4n) is 2.16. The Kier molecular flexibility index (Phi) is 4.18. The van der Waals surface area contributed by atoms with E-state index in [-0.39, 0.29) is 17.7 Å². The number of halogens is 2. The summed E-state index contributed by atoms with van der Waals surface area (Å²) >= 11 is 12.3. The Hall–Kier alpha value is -0.730. The van der Waals surface area contributed by atoms with Crippen LogP contribution in [0.5, 0.6) is 0 Å². The molecule has 0 heterocycles. The predicted molar refractivity (Wildman–Crippen MR) is 75.2 cm³/mol. The summed E-state index contributed by atoms with van der Waals surface area (Å²) in [5.41, 5.74) is 0.907. The summed E-state index contributed by atoms with van der Waals surface area (Å²) < 4.78 is 0. The van der Waals surface area contributed by atoms with Gasteiger partial charge in [0.25, 0.3) is 0 Å². The Bertz CT molecular complexity index is 441. The van der Waals surface area contributed by atoms with Crippen molar-refractivity contribution in [3.63, 3.8) is 0 Å². The van der Waals surface area contributed by atoms with Gasteiger partial charge in [0.1, 0.15) is 0 Å². The third kappa shape index (κ3) is 2.99. The molecule has 18 heavy (non-hydrogen) atoms. The smallest absolute Gasteiger partial charge is 0.223 e. The van der Waals surface area contributed by atoms with Gasteiger partial charge in [-0.3, -0.25) is 4.79 Å². The molecule has 3 unspecified atom stereocenters. The molecule has 2 nitrogen and oxygen atoms in total. The zero-order valence-electron chi connectivity index (χ0n) is 10.5. The lowest BCUT2D eigenvalue weighted by Crippen LogP contribution is -2.29. The molecule has 3 atom stereocenters. The van der Waals surface area contributed by atoms with Gasteiger partial charge in [-0.25, -0.2) is 0 Å². The minimum absolute atomic E-state index is 0.115. The Balaban J connectivity index is 1.95. The van der Waals surface area contributed by atoms with E-state index in [1.807, 2.05) is 25.1 Å². The van der Waals surface area contributed by atoms with E-state index in [0.717, 1.165) is 12.0 Å². The third-order valence-electron chi connectivity index (χ3n) is 3.52. The highest BCUT2D eigenvalue weighted by atomic mass is 35.5. The summed E-state index contributed by atoms with van der Waals surface area (Å²) in [6, 6.07) is 5.47. The maximum Gasteiger partial charge on any atom is 0.223 e. The summed E-state index contributed by atoms with van der Waals surface area (Å²) in [5, 5.41) is 4.28. The van der Waals surface area contributed by atoms with Crippen LogP contribution in [0.15, 0.2) is 18.2 Å². The Morgan fingerprint density at radius 2 is 2.00 bits per heavy atom. The summed E-state index contributed by atoms with van der Waals surface area (Å²) in [6.45, 7) is 4.69. The van der Waals surface area contributed by atoms with Crippen molar-refractivity contribution in [2.75, 3.05) is 6.54 Å². The van der Waals surface area contributed by atoms with Crippen molar-refractivity contribution in [1.82, 2.24) is 5.32 Å². The van der Waals surface area contributed by atoms with Crippen LogP contribution in [0, 0.1) is 11.8 Å². The second kappa shape index (κ2) is 5.50.